The molecule has 0 amide bonds. The first kappa shape index (κ1) is 31.7. The summed E-state index contributed by atoms with van der Waals surface area (Å²) in [6.07, 6.45) is 5.31. The first-order valence-corrected chi connectivity index (χ1v) is 18.4. The van der Waals surface area contributed by atoms with Crippen molar-refractivity contribution in [1.82, 2.24) is 0 Å². The van der Waals surface area contributed by atoms with E-state index in [1.807, 2.05) is 6.92 Å². The number of rotatable bonds is 4. The Hall–Kier alpha value is -6.24. The molecule has 1 aliphatic carbocycles. The van der Waals surface area contributed by atoms with Crippen LogP contribution in [0.15, 0.2) is 183 Å². The Morgan fingerprint density at radius 2 is 0.942 bits per heavy atom. The van der Waals surface area contributed by atoms with Gasteiger partial charge in [-0.2, -0.15) is 0 Å². The van der Waals surface area contributed by atoms with Crippen LogP contribution in [0.2, 0.25) is 0 Å². The molecule has 0 radical (unpaired) electrons. The zero-order valence-corrected chi connectivity index (χ0v) is 29.7. The molecule has 0 heteroatoms. The molecule has 0 N–H and O–H groups in total. The van der Waals surface area contributed by atoms with Gasteiger partial charge in [-0.1, -0.05) is 177 Å². The molecule has 1 aliphatic rings. The first-order valence-electron chi connectivity index (χ1n) is 18.4. The van der Waals surface area contributed by atoms with Crippen molar-refractivity contribution in [3.8, 4) is 33.4 Å². The van der Waals surface area contributed by atoms with Gasteiger partial charge >= 0.3 is 0 Å². The summed E-state index contributed by atoms with van der Waals surface area (Å²) in [5.74, 6) is 0.537. The van der Waals surface area contributed by atoms with E-state index in [0.717, 1.165) is 6.42 Å². The van der Waals surface area contributed by atoms with Crippen LogP contribution in [0.4, 0.5) is 0 Å². The third-order valence-electron chi connectivity index (χ3n) is 10.8. The van der Waals surface area contributed by atoms with Crippen molar-refractivity contribution in [2.24, 2.45) is 5.92 Å². The van der Waals surface area contributed by atoms with Gasteiger partial charge in [0.15, 0.2) is 0 Å². The Kier molecular flexibility index (Phi) is 8.02. The van der Waals surface area contributed by atoms with Crippen molar-refractivity contribution in [2.45, 2.75) is 20.3 Å². The molecular weight excluding hydrogens is 625 g/mol. The lowest BCUT2D eigenvalue weighted by atomic mass is 9.82. The number of fused-ring (bicyclic) bond motifs is 2. The third kappa shape index (κ3) is 5.49. The summed E-state index contributed by atoms with van der Waals surface area (Å²) in [5.41, 5.74) is 13.0. The highest BCUT2D eigenvalue weighted by Crippen LogP contribution is 2.43. The highest BCUT2D eigenvalue weighted by atomic mass is 14.2. The summed E-state index contributed by atoms with van der Waals surface area (Å²) in [6.45, 7) is 7.57. The molecule has 0 saturated heterocycles. The van der Waals surface area contributed by atoms with Crippen molar-refractivity contribution in [3.63, 3.8) is 0 Å². The summed E-state index contributed by atoms with van der Waals surface area (Å²) in [7, 11) is 0. The van der Waals surface area contributed by atoms with Crippen LogP contribution in [-0.2, 0) is 6.42 Å². The molecule has 10 rings (SSSR count). The molecule has 0 aliphatic heterocycles. The topological polar surface area (TPSA) is 0 Å². The van der Waals surface area contributed by atoms with Gasteiger partial charge in [0.2, 0.25) is 0 Å². The Morgan fingerprint density at radius 3 is 1.58 bits per heavy atom. The summed E-state index contributed by atoms with van der Waals surface area (Å²) in [4.78, 5) is 0. The van der Waals surface area contributed by atoms with Crippen molar-refractivity contribution in [3.05, 3.63) is 199 Å². The van der Waals surface area contributed by atoms with Crippen LogP contribution in [0.5, 0.6) is 0 Å². The Bertz CT molecular complexity index is 2780. The van der Waals surface area contributed by atoms with E-state index in [-0.39, 0.29) is 0 Å². The van der Waals surface area contributed by atoms with E-state index in [4.69, 9.17) is 0 Å². The van der Waals surface area contributed by atoms with Gasteiger partial charge in [0.05, 0.1) is 0 Å². The maximum absolute atomic E-state index is 3.36. The first-order chi connectivity index (χ1) is 25.6. The number of allylic oxidation sites excluding steroid dienone is 2. The number of hydrogen-bond donors (Lipinski definition) is 0. The number of hydrogen-bond acceptors (Lipinski definition) is 0. The summed E-state index contributed by atoms with van der Waals surface area (Å²) >= 11 is 0. The molecule has 1 unspecified atom stereocenters. The van der Waals surface area contributed by atoms with Crippen molar-refractivity contribution >= 4 is 48.7 Å². The van der Waals surface area contributed by atoms with E-state index in [1.165, 1.54) is 98.7 Å². The Labute approximate surface area is 306 Å². The highest BCUT2D eigenvalue weighted by molar-refractivity contribution is 6.27. The Balaban J connectivity index is 0.00000116. The molecule has 1 atom stereocenters. The van der Waals surface area contributed by atoms with Crippen molar-refractivity contribution in [2.75, 3.05) is 0 Å². The van der Waals surface area contributed by atoms with E-state index in [1.54, 1.807) is 6.08 Å². The molecule has 0 saturated carbocycles. The van der Waals surface area contributed by atoms with Gasteiger partial charge in [-0.05, 0) is 124 Å². The normalized spacial score (nSPS) is 13.9. The molecule has 0 fully saturated rings. The van der Waals surface area contributed by atoms with Gasteiger partial charge in [0, 0.05) is 0 Å². The minimum Gasteiger partial charge on any atom is -0.103 e. The van der Waals surface area contributed by atoms with Gasteiger partial charge in [-0.3, -0.25) is 0 Å². The fourth-order valence-electron chi connectivity index (χ4n) is 8.34. The van der Waals surface area contributed by atoms with Crippen molar-refractivity contribution < 1.29 is 0 Å². The average Bonchev–Trinajstić information content (AvgIpc) is 3.20. The van der Waals surface area contributed by atoms with Gasteiger partial charge in [0.25, 0.3) is 0 Å². The second-order valence-corrected chi connectivity index (χ2v) is 14.2. The van der Waals surface area contributed by atoms with Crippen LogP contribution in [-0.4, -0.2) is 0 Å². The SMILES string of the molecule is C=CC.CC1C=C(c2ccc(-c3ccc4ccc5c(-c6ccc(-c7ccc8ccccc8c7)cc6)ccc6ccc3c4c65)cc2)c2ccccc2C1. The molecule has 0 spiro atoms. The quantitative estimate of drug-likeness (QED) is 0.130. The summed E-state index contributed by atoms with van der Waals surface area (Å²) < 4.78 is 0. The van der Waals surface area contributed by atoms with E-state index < -0.39 is 0 Å². The lowest BCUT2D eigenvalue weighted by Crippen LogP contribution is -2.07. The minimum absolute atomic E-state index is 0.537. The molecule has 0 bridgehead atoms. The molecule has 0 heterocycles. The zero-order valence-electron chi connectivity index (χ0n) is 29.7. The monoisotopic (exact) mass is 664 g/mol. The molecule has 9 aromatic carbocycles. The number of benzene rings is 9. The van der Waals surface area contributed by atoms with Gasteiger partial charge < -0.3 is 0 Å². The average molecular weight is 665 g/mol. The van der Waals surface area contributed by atoms with Crippen LogP contribution >= 0.6 is 0 Å². The predicted octanol–water partition coefficient (Wildman–Crippen LogP) is 14.6. The van der Waals surface area contributed by atoms with Crippen molar-refractivity contribution in [1.29, 1.82) is 0 Å². The van der Waals surface area contributed by atoms with Crippen LogP contribution in [0.1, 0.15) is 30.5 Å². The van der Waals surface area contributed by atoms with E-state index in [0.29, 0.717) is 5.92 Å². The third-order valence-corrected chi connectivity index (χ3v) is 10.8. The Morgan fingerprint density at radius 1 is 0.462 bits per heavy atom. The lowest BCUT2D eigenvalue weighted by Gasteiger charge is -2.22. The summed E-state index contributed by atoms with van der Waals surface area (Å²) in [6, 6.07) is 61.0. The van der Waals surface area contributed by atoms with Gasteiger partial charge in [-0.15, -0.1) is 6.58 Å². The lowest BCUT2D eigenvalue weighted by molar-refractivity contribution is 0.714. The van der Waals surface area contributed by atoms with E-state index in [9.17, 15) is 0 Å². The maximum Gasteiger partial charge on any atom is -0.00203 e. The second kappa shape index (κ2) is 13.1. The van der Waals surface area contributed by atoms with E-state index in [2.05, 4.69) is 183 Å². The van der Waals surface area contributed by atoms with E-state index >= 15 is 0 Å². The van der Waals surface area contributed by atoms with Gasteiger partial charge in [-0.25, -0.2) is 0 Å². The van der Waals surface area contributed by atoms with Gasteiger partial charge in [0.1, 0.15) is 0 Å². The highest BCUT2D eigenvalue weighted by Gasteiger charge is 2.19. The molecule has 52 heavy (non-hydrogen) atoms. The fraction of sp³-hybridized carbons (Fsp3) is 0.0769. The molecule has 248 valence electrons. The largest absolute Gasteiger partial charge is 0.103 e. The van der Waals surface area contributed by atoms with Crippen LogP contribution in [0, 0.1) is 5.92 Å². The predicted molar refractivity (Wildman–Crippen MR) is 226 cm³/mol. The maximum atomic E-state index is 3.36. The second-order valence-electron chi connectivity index (χ2n) is 14.2. The standard InChI is InChI=1S/C49H34.C3H6/c1-31-28-41-8-4-5-9-42(41)47(29-31)36-17-15-35(16-18-36)44-25-21-38-22-26-45-43(24-20-37-23-27-46(44)49(38)48(37)45)34-13-10-33(11-14-34)40-19-12-32-6-2-3-7-39(32)30-40;1-3-2/h2-27,29-31H,28H2,1H3;3H,1H2,2H3. The molecule has 0 nitrogen and oxygen atoms in total. The molecular formula is C52H40. The van der Waals surface area contributed by atoms with Crippen LogP contribution in [0.3, 0.4) is 0 Å². The smallest absolute Gasteiger partial charge is 0.00203 e. The molecule has 0 aromatic heterocycles. The summed E-state index contributed by atoms with van der Waals surface area (Å²) in [5, 5.41) is 10.4. The minimum atomic E-state index is 0.537. The molecule has 9 aromatic rings. The fourth-order valence-corrected chi connectivity index (χ4v) is 8.34. The zero-order chi connectivity index (χ0) is 35.2. The van der Waals surface area contributed by atoms with Crippen LogP contribution in [0.25, 0.3) is 82.0 Å². The van der Waals surface area contributed by atoms with Crippen LogP contribution < -0.4 is 0 Å².